The fraction of sp³-hybridized carbons (Fsp3) is 0.406. The molecule has 3 aromatic carbocycles. The highest BCUT2D eigenvalue weighted by molar-refractivity contribution is 7.89. The lowest BCUT2D eigenvalue weighted by atomic mass is 9.81. The number of aryl methyl sites for hydroxylation is 1. The second kappa shape index (κ2) is 13.4. The lowest BCUT2D eigenvalue weighted by Crippen LogP contribution is -2.43. The van der Waals surface area contributed by atoms with Crippen molar-refractivity contribution >= 4 is 15.9 Å². The normalized spacial score (nSPS) is 18.6. The molecular weight excluding hydrogens is 506 g/mol. The first-order valence-electron chi connectivity index (χ1n) is 14.0. The number of nitrogens with zero attached hydrogens (tertiary/aromatic N) is 1. The smallest absolute Gasteiger partial charge is 0.243 e. The van der Waals surface area contributed by atoms with Crippen molar-refractivity contribution in [2.45, 2.75) is 50.3 Å². The molecular formula is C32H41N3O3S. The predicted molar refractivity (Wildman–Crippen MR) is 158 cm³/mol. The van der Waals surface area contributed by atoms with E-state index in [4.69, 9.17) is 5.73 Å². The van der Waals surface area contributed by atoms with Crippen LogP contribution in [0.15, 0.2) is 83.8 Å². The van der Waals surface area contributed by atoms with Crippen LogP contribution < -0.4 is 11.1 Å². The molecule has 1 saturated carbocycles. The van der Waals surface area contributed by atoms with Gasteiger partial charge in [0.1, 0.15) is 0 Å². The molecule has 1 aliphatic rings. The molecule has 1 aliphatic carbocycles. The van der Waals surface area contributed by atoms with Crippen molar-refractivity contribution in [1.29, 1.82) is 0 Å². The van der Waals surface area contributed by atoms with E-state index in [0.717, 1.165) is 47.9 Å². The fourth-order valence-electron chi connectivity index (χ4n) is 5.57. The van der Waals surface area contributed by atoms with Crippen molar-refractivity contribution in [3.63, 3.8) is 0 Å². The van der Waals surface area contributed by atoms with Crippen LogP contribution in [0.3, 0.4) is 0 Å². The highest BCUT2D eigenvalue weighted by atomic mass is 32.2. The minimum Gasteiger partial charge on any atom is -0.355 e. The summed E-state index contributed by atoms with van der Waals surface area (Å²) in [6.07, 6.45) is 4.34. The third kappa shape index (κ3) is 7.56. The van der Waals surface area contributed by atoms with Crippen LogP contribution in [0.2, 0.25) is 0 Å². The van der Waals surface area contributed by atoms with Crippen LogP contribution in [0.5, 0.6) is 0 Å². The Morgan fingerprint density at radius 1 is 0.974 bits per heavy atom. The van der Waals surface area contributed by atoms with E-state index in [1.807, 2.05) is 80.6 Å². The summed E-state index contributed by atoms with van der Waals surface area (Å²) < 4.78 is 29.1. The molecule has 1 amide bonds. The second-order valence-corrected chi connectivity index (χ2v) is 12.8. The summed E-state index contributed by atoms with van der Waals surface area (Å²) in [6, 6.07) is 24.8. The SMILES string of the molecule is Cc1ccccc1-c1ccc(S(=O)(=O)N(CC(=O)NCC2CCCC(CN)C2)CC(C)c2ccccc2)cc1. The number of carbonyl (C=O) groups excluding carboxylic acids is 1. The molecule has 0 aromatic heterocycles. The number of carbonyl (C=O) groups is 1. The van der Waals surface area contributed by atoms with Gasteiger partial charge in [-0.15, -0.1) is 0 Å². The zero-order valence-electron chi connectivity index (χ0n) is 23.1. The number of hydrogen-bond donors (Lipinski definition) is 2. The number of benzene rings is 3. The molecule has 1 fully saturated rings. The number of rotatable bonds is 11. The second-order valence-electron chi connectivity index (χ2n) is 10.9. The van der Waals surface area contributed by atoms with E-state index in [9.17, 15) is 13.2 Å². The maximum absolute atomic E-state index is 13.9. The fourth-order valence-corrected chi connectivity index (χ4v) is 7.05. The van der Waals surface area contributed by atoms with Crippen molar-refractivity contribution in [2.24, 2.45) is 17.6 Å². The summed E-state index contributed by atoms with van der Waals surface area (Å²) in [5.74, 6) is 0.541. The van der Waals surface area contributed by atoms with E-state index in [0.29, 0.717) is 24.9 Å². The van der Waals surface area contributed by atoms with Crippen LogP contribution in [0.4, 0.5) is 0 Å². The van der Waals surface area contributed by atoms with Gasteiger partial charge in [-0.05, 0) is 84.9 Å². The molecule has 0 radical (unpaired) electrons. The zero-order valence-corrected chi connectivity index (χ0v) is 23.9. The Balaban J connectivity index is 1.52. The van der Waals surface area contributed by atoms with Gasteiger partial charge in [-0.2, -0.15) is 4.31 Å². The Hall–Kier alpha value is -3.00. The average Bonchev–Trinajstić information content (AvgIpc) is 2.96. The van der Waals surface area contributed by atoms with Crippen molar-refractivity contribution in [3.8, 4) is 11.1 Å². The van der Waals surface area contributed by atoms with E-state index in [-0.39, 0.29) is 29.8 Å². The van der Waals surface area contributed by atoms with Gasteiger partial charge in [-0.1, -0.05) is 80.1 Å². The van der Waals surface area contributed by atoms with Gasteiger partial charge in [0.2, 0.25) is 15.9 Å². The van der Waals surface area contributed by atoms with Crippen LogP contribution >= 0.6 is 0 Å². The van der Waals surface area contributed by atoms with E-state index in [1.54, 1.807) is 12.1 Å². The van der Waals surface area contributed by atoms with Crippen LogP contribution in [0.1, 0.15) is 49.7 Å². The van der Waals surface area contributed by atoms with Crippen LogP contribution in [0.25, 0.3) is 11.1 Å². The molecule has 4 rings (SSSR count). The molecule has 3 N–H and O–H groups in total. The highest BCUT2D eigenvalue weighted by Crippen LogP contribution is 2.29. The van der Waals surface area contributed by atoms with Crippen LogP contribution in [-0.4, -0.2) is 44.8 Å². The van der Waals surface area contributed by atoms with Crippen LogP contribution in [-0.2, 0) is 14.8 Å². The molecule has 7 heteroatoms. The van der Waals surface area contributed by atoms with E-state index in [1.165, 1.54) is 4.31 Å². The number of nitrogens with one attached hydrogen (secondary N) is 1. The first-order valence-corrected chi connectivity index (χ1v) is 15.4. The van der Waals surface area contributed by atoms with Crippen molar-refractivity contribution in [3.05, 3.63) is 90.0 Å². The number of nitrogens with two attached hydrogens (primary N) is 1. The number of amides is 1. The van der Waals surface area contributed by atoms with Crippen molar-refractivity contribution in [2.75, 3.05) is 26.2 Å². The number of sulfonamides is 1. The molecule has 3 unspecified atom stereocenters. The zero-order chi connectivity index (χ0) is 27.8. The Kier molecular flexibility index (Phi) is 9.94. The molecule has 0 bridgehead atoms. The predicted octanol–water partition coefficient (Wildman–Crippen LogP) is 5.34. The minimum atomic E-state index is -3.91. The Bertz CT molecular complexity index is 1330. The molecule has 39 heavy (non-hydrogen) atoms. The Labute approximate surface area is 233 Å². The summed E-state index contributed by atoms with van der Waals surface area (Å²) in [5, 5.41) is 3.02. The Morgan fingerprint density at radius 3 is 2.33 bits per heavy atom. The molecule has 3 atom stereocenters. The van der Waals surface area contributed by atoms with E-state index >= 15 is 0 Å². The van der Waals surface area contributed by atoms with Crippen molar-refractivity contribution in [1.82, 2.24) is 9.62 Å². The maximum atomic E-state index is 13.9. The van der Waals surface area contributed by atoms with Gasteiger partial charge < -0.3 is 11.1 Å². The van der Waals surface area contributed by atoms with Gasteiger partial charge in [-0.3, -0.25) is 4.79 Å². The van der Waals surface area contributed by atoms with Gasteiger partial charge >= 0.3 is 0 Å². The number of hydrogen-bond acceptors (Lipinski definition) is 4. The molecule has 6 nitrogen and oxygen atoms in total. The van der Waals surface area contributed by atoms with E-state index in [2.05, 4.69) is 5.32 Å². The summed E-state index contributed by atoms with van der Waals surface area (Å²) in [4.78, 5) is 13.3. The van der Waals surface area contributed by atoms with Crippen molar-refractivity contribution < 1.29 is 13.2 Å². The minimum absolute atomic E-state index is 0.0799. The lowest BCUT2D eigenvalue weighted by Gasteiger charge is -2.29. The first kappa shape index (κ1) is 29.0. The molecule has 0 aliphatic heterocycles. The molecule has 208 valence electrons. The summed E-state index contributed by atoms with van der Waals surface area (Å²) in [7, 11) is -3.91. The topological polar surface area (TPSA) is 92.5 Å². The van der Waals surface area contributed by atoms with Gasteiger partial charge in [-0.25, -0.2) is 8.42 Å². The largest absolute Gasteiger partial charge is 0.355 e. The first-order chi connectivity index (χ1) is 18.8. The standard InChI is InChI=1S/C32H41N3O3S/c1-24-9-6-7-14-31(24)29-15-17-30(18-16-29)39(37,38)35(22-25(2)28-12-4-3-5-13-28)23-32(36)34-21-27-11-8-10-26(19-27)20-33/h3-7,9,12-18,25-27H,8,10-11,19-23,33H2,1-2H3,(H,34,36). The van der Waals surface area contributed by atoms with Crippen LogP contribution in [0, 0.1) is 18.8 Å². The summed E-state index contributed by atoms with van der Waals surface area (Å²) in [5.41, 5.74) is 10.0. The quantitative estimate of drug-likeness (QED) is 0.339. The van der Waals surface area contributed by atoms with E-state index < -0.39 is 10.0 Å². The maximum Gasteiger partial charge on any atom is 0.243 e. The monoisotopic (exact) mass is 547 g/mol. The molecule has 3 aromatic rings. The molecule has 0 spiro atoms. The van der Waals surface area contributed by atoms with Gasteiger partial charge in [0.05, 0.1) is 11.4 Å². The average molecular weight is 548 g/mol. The lowest BCUT2D eigenvalue weighted by molar-refractivity contribution is -0.121. The molecule has 0 heterocycles. The summed E-state index contributed by atoms with van der Waals surface area (Å²) in [6.45, 7) is 5.25. The van der Waals surface area contributed by atoms with Gasteiger partial charge in [0.25, 0.3) is 0 Å². The van der Waals surface area contributed by atoms with Gasteiger partial charge in [0, 0.05) is 13.1 Å². The molecule has 0 saturated heterocycles. The highest BCUT2D eigenvalue weighted by Gasteiger charge is 2.29. The van der Waals surface area contributed by atoms with Gasteiger partial charge in [0.15, 0.2) is 0 Å². The summed E-state index contributed by atoms with van der Waals surface area (Å²) >= 11 is 0. The Morgan fingerprint density at radius 2 is 1.64 bits per heavy atom. The third-order valence-electron chi connectivity index (χ3n) is 7.93. The third-order valence-corrected chi connectivity index (χ3v) is 9.75.